The van der Waals surface area contributed by atoms with Crippen molar-refractivity contribution < 1.29 is 14.1 Å². The lowest BCUT2D eigenvalue weighted by molar-refractivity contribution is -0.632. The van der Waals surface area contributed by atoms with Crippen LogP contribution in [0.2, 0.25) is 0 Å². The van der Waals surface area contributed by atoms with Crippen molar-refractivity contribution in [2.45, 2.75) is 6.54 Å². The number of carbonyl (C=O) groups excluding carboxylic acids is 1. The van der Waals surface area contributed by atoms with Gasteiger partial charge in [0.25, 0.3) is 17.1 Å². The van der Waals surface area contributed by atoms with E-state index in [9.17, 15) is 9.59 Å². The van der Waals surface area contributed by atoms with Gasteiger partial charge in [0.05, 0.1) is 14.2 Å². The molecule has 4 aromatic rings. The molecule has 0 aliphatic heterocycles. The maximum absolute atomic E-state index is 12.9. The fraction of sp³-hybridized carbons (Fsp3) is 0.143. The fourth-order valence-corrected chi connectivity index (χ4v) is 3.19. The predicted octanol–water partition coefficient (Wildman–Crippen LogP) is 1.19. The topological polar surface area (TPSA) is 103 Å². The molecule has 1 aromatic carbocycles. The van der Waals surface area contributed by atoms with Crippen LogP contribution in [0.1, 0.15) is 15.9 Å². The molecule has 146 valence electrons. The van der Waals surface area contributed by atoms with E-state index in [-0.39, 0.29) is 22.8 Å². The number of nitrogens with one attached hydrogen (secondary N) is 1. The molecule has 8 nitrogen and oxygen atoms in total. The summed E-state index contributed by atoms with van der Waals surface area (Å²) in [4.78, 5) is 30.2. The average Bonchev–Trinajstić information content (AvgIpc) is 2.75. The van der Waals surface area contributed by atoms with E-state index in [4.69, 9.17) is 10.5 Å². The third kappa shape index (κ3) is 3.25. The molecule has 0 radical (unpaired) electrons. The molecular weight excluding hydrogens is 370 g/mol. The van der Waals surface area contributed by atoms with E-state index in [1.54, 1.807) is 43.1 Å². The Labute approximate surface area is 166 Å². The van der Waals surface area contributed by atoms with Gasteiger partial charge in [-0.25, -0.2) is 4.57 Å². The number of nitrogens with zero attached hydrogens (tertiary/aromatic N) is 3. The maximum Gasteiger partial charge on any atom is 0.278 e. The quantitative estimate of drug-likeness (QED) is 0.403. The van der Waals surface area contributed by atoms with Gasteiger partial charge < -0.3 is 15.8 Å². The average molecular weight is 390 g/mol. The number of rotatable bonds is 4. The molecule has 0 bridgehead atoms. The van der Waals surface area contributed by atoms with Gasteiger partial charge in [0, 0.05) is 12.7 Å². The number of aromatic nitrogens is 3. The van der Waals surface area contributed by atoms with E-state index in [0.29, 0.717) is 23.2 Å². The van der Waals surface area contributed by atoms with E-state index >= 15 is 0 Å². The van der Waals surface area contributed by atoms with Gasteiger partial charge in [-0.1, -0.05) is 23.2 Å². The number of nitrogen functional groups attached to an aromatic ring is 1. The molecule has 3 heterocycles. The number of pyridine rings is 2. The second-order valence-electron chi connectivity index (χ2n) is 6.62. The summed E-state index contributed by atoms with van der Waals surface area (Å²) in [6, 6.07) is 14.2. The number of hydrogen-bond donors (Lipinski definition) is 2. The minimum atomic E-state index is -0.367. The van der Waals surface area contributed by atoms with Crippen LogP contribution in [0.15, 0.2) is 59.5 Å². The molecule has 0 unspecified atom stereocenters. The van der Waals surface area contributed by atoms with Crippen molar-refractivity contribution in [1.82, 2.24) is 14.7 Å². The number of hydrogen-bond acceptors (Lipinski definition) is 5. The highest BCUT2D eigenvalue weighted by Crippen LogP contribution is 2.15. The highest BCUT2D eigenvalue weighted by molar-refractivity contribution is 6.00. The molecule has 3 aromatic heterocycles. The molecule has 0 fully saturated rings. The van der Waals surface area contributed by atoms with E-state index in [1.165, 1.54) is 10.5 Å². The highest BCUT2D eigenvalue weighted by atomic mass is 16.5. The van der Waals surface area contributed by atoms with Crippen molar-refractivity contribution in [3.05, 3.63) is 76.2 Å². The molecule has 0 saturated carbocycles. The normalized spacial score (nSPS) is 11.0. The molecule has 0 spiro atoms. The SMILES string of the molecule is COc1ccc(CNC(=O)c2cc3c(=O)n4ccccc4nc3[n+](C)c2N)cc1. The lowest BCUT2D eigenvalue weighted by atomic mass is 10.1. The Balaban J connectivity index is 1.71. The summed E-state index contributed by atoms with van der Waals surface area (Å²) in [6.07, 6.45) is 1.64. The van der Waals surface area contributed by atoms with Crippen LogP contribution in [0.25, 0.3) is 16.7 Å². The van der Waals surface area contributed by atoms with Gasteiger partial charge in [0.15, 0.2) is 0 Å². The molecule has 8 heteroatoms. The first-order chi connectivity index (χ1) is 14.0. The minimum absolute atomic E-state index is 0.225. The Morgan fingerprint density at radius 2 is 2.00 bits per heavy atom. The standard InChI is InChI=1S/C21H19N5O3/c1-25-18(22)15(20(27)23-12-13-6-8-14(29-2)9-7-13)11-16-19(25)24-17-5-3-4-10-26(17)21(16)28/h3-11,22H,12H2,1-2H3,(H,23,27)/p+1. The third-order valence-corrected chi connectivity index (χ3v) is 4.85. The summed E-state index contributed by atoms with van der Waals surface area (Å²) in [6.45, 7) is 0.318. The van der Waals surface area contributed by atoms with Crippen molar-refractivity contribution in [3.63, 3.8) is 0 Å². The van der Waals surface area contributed by atoms with Crippen LogP contribution in [0.4, 0.5) is 5.82 Å². The van der Waals surface area contributed by atoms with Gasteiger partial charge in [0.1, 0.15) is 16.7 Å². The highest BCUT2D eigenvalue weighted by Gasteiger charge is 2.22. The van der Waals surface area contributed by atoms with E-state index in [1.807, 2.05) is 24.3 Å². The predicted molar refractivity (Wildman–Crippen MR) is 109 cm³/mol. The lowest BCUT2D eigenvalue weighted by Crippen LogP contribution is -2.39. The van der Waals surface area contributed by atoms with Crippen LogP contribution in [0.3, 0.4) is 0 Å². The van der Waals surface area contributed by atoms with Gasteiger partial charge in [-0.2, -0.15) is 0 Å². The molecule has 4 rings (SSSR count). The Morgan fingerprint density at radius 1 is 1.24 bits per heavy atom. The van der Waals surface area contributed by atoms with Crippen molar-refractivity contribution in [2.75, 3.05) is 12.8 Å². The first kappa shape index (κ1) is 18.4. The molecule has 0 aliphatic carbocycles. The van der Waals surface area contributed by atoms with Crippen molar-refractivity contribution in [3.8, 4) is 5.75 Å². The smallest absolute Gasteiger partial charge is 0.278 e. The summed E-state index contributed by atoms with van der Waals surface area (Å²) >= 11 is 0. The number of aryl methyl sites for hydroxylation is 1. The molecule has 0 saturated heterocycles. The number of fused-ring (bicyclic) bond motifs is 2. The minimum Gasteiger partial charge on any atom is -0.497 e. The molecule has 3 N–H and O–H groups in total. The van der Waals surface area contributed by atoms with Crippen molar-refractivity contribution in [1.29, 1.82) is 0 Å². The summed E-state index contributed by atoms with van der Waals surface area (Å²) in [5.41, 5.74) is 8.00. The Hall–Kier alpha value is -3.94. The zero-order valence-electron chi connectivity index (χ0n) is 16.0. The number of nitrogens with two attached hydrogens (primary N) is 1. The first-order valence-corrected chi connectivity index (χ1v) is 9.00. The zero-order chi connectivity index (χ0) is 20.5. The number of carbonyl (C=O) groups is 1. The maximum atomic E-state index is 12.9. The molecule has 1 amide bonds. The summed E-state index contributed by atoms with van der Waals surface area (Å²) in [5.74, 6) is 0.608. The van der Waals surface area contributed by atoms with Gasteiger partial charge in [-0.05, 0) is 35.9 Å². The number of amides is 1. The van der Waals surface area contributed by atoms with Crippen LogP contribution in [-0.2, 0) is 13.6 Å². The van der Waals surface area contributed by atoms with Gasteiger partial charge in [-0.3, -0.25) is 14.0 Å². The number of benzene rings is 1. The second kappa shape index (κ2) is 7.23. The Morgan fingerprint density at radius 3 is 2.72 bits per heavy atom. The summed E-state index contributed by atoms with van der Waals surface area (Å²) < 4.78 is 8.14. The summed E-state index contributed by atoms with van der Waals surface area (Å²) in [5, 5.41) is 3.16. The monoisotopic (exact) mass is 390 g/mol. The lowest BCUT2D eigenvalue weighted by Gasteiger charge is -2.10. The number of ether oxygens (including phenoxy) is 1. The van der Waals surface area contributed by atoms with Gasteiger partial charge >= 0.3 is 0 Å². The molecule has 29 heavy (non-hydrogen) atoms. The van der Waals surface area contributed by atoms with E-state index < -0.39 is 0 Å². The fourth-order valence-electron chi connectivity index (χ4n) is 3.19. The molecule has 0 aliphatic rings. The number of methoxy groups -OCH3 is 1. The van der Waals surface area contributed by atoms with Crippen LogP contribution in [-0.4, -0.2) is 22.4 Å². The first-order valence-electron chi connectivity index (χ1n) is 9.00. The largest absolute Gasteiger partial charge is 0.497 e. The van der Waals surface area contributed by atoms with Crippen LogP contribution in [0.5, 0.6) is 5.75 Å². The molecule has 0 atom stereocenters. The Bertz CT molecular complexity index is 1300. The van der Waals surface area contributed by atoms with Crippen LogP contribution in [0, 0.1) is 0 Å². The van der Waals surface area contributed by atoms with Gasteiger partial charge in [-0.15, -0.1) is 0 Å². The second-order valence-corrected chi connectivity index (χ2v) is 6.62. The zero-order valence-corrected chi connectivity index (χ0v) is 16.0. The van der Waals surface area contributed by atoms with Crippen LogP contribution < -0.4 is 25.9 Å². The third-order valence-electron chi connectivity index (χ3n) is 4.85. The summed E-state index contributed by atoms with van der Waals surface area (Å²) in [7, 11) is 3.28. The molecular formula is C21H20N5O3+. The Kier molecular flexibility index (Phi) is 4.59. The van der Waals surface area contributed by atoms with E-state index in [0.717, 1.165) is 11.3 Å². The number of anilines is 1. The van der Waals surface area contributed by atoms with Crippen molar-refractivity contribution in [2.24, 2.45) is 7.05 Å². The van der Waals surface area contributed by atoms with Gasteiger partial charge in [0.2, 0.25) is 11.5 Å². The van der Waals surface area contributed by atoms with Crippen LogP contribution >= 0.6 is 0 Å². The van der Waals surface area contributed by atoms with E-state index in [2.05, 4.69) is 10.3 Å². The van der Waals surface area contributed by atoms with Crippen molar-refractivity contribution >= 4 is 28.4 Å².